The molecule has 35 heavy (non-hydrogen) atoms. The Morgan fingerprint density at radius 2 is 1.86 bits per heavy atom. The third-order valence-electron chi connectivity index (χ3n) is 7.20. The Morgan fingerprint density at radius 1 is 1.17 bits per heavy atom. The van der Waals surface area contributed by atoms with E-state index in [-0.39, 0.29) is 23.7 Å². The Labute approximate surface area is 198 Å². The predicted molar refractivity (Wildman–Crippen MR) is 122 cm³/mol. The lowest BCUT2D eigenvalue weighted by Gasteiger charge is -2.47. The molecule has 3 aromatic rings. The summed E-state index contributed by atoms with van der Waals surface area (Å²) >= 11 is 0. The molecule has 5 rings (SSSR count). The Morgan fingerprint density at radius 3 is 2.46 bits per heavy atom. The molecule has 0 unspecified atom stereocenters. The van der Waals surface area contributed by atoms with Crippen LogP contribution in [0.25, 0.3) is 10.9 Å². The summed E-state index contributed by atoms with van der Waals surface area (Å²) in [5.41, 5.74) is -0.910. The Hall–Kier alpha value is -3.39. The van der Waals surface area contributed by atoms with Gasteiger partial charge in [0.25, 0.3) is 5.56 Å². The molecule has 2 fully saturated rings. The molecule has 3 heterocycles. The number of rotatable bonds is 5. The highest BCUT2D eigenvalue weighted by Gasteiger charge is 2.43. The van der Waals surface area contributed by atoms with Crippen LogP contribution >= 0.6 is 0 Å². The molecule has 1 aliphatic heterocycles. The van der Waals surface area contributed by atoms with Gasteiger partial charge in [-0.05, 0) is 56.0 Å². The fourth-order valence-electron chi connectivity index (χ4n) is 5.27. The molecular formula is C24H24F4N6O. The van der Waals surface area contributed by atoms with Crippen LogP contribution in [0.5, 0.6) is 0 Å². The van der Waals surface area contributed by atoms with Crippen LogP contribution in [0, 0.1) is 11.3 Å². The highest BCUT2D eigenvalue weighted by molar-refractivity contribution is 5.91. The maximum absolute atomic E-state index is 13.3. The molecule has 0 radical (unpaired) electrons. The van der Waals surface area contributed by atoms with Gasteiger partial charge in [0.05, 0.1) is 29.1 Å². The van der Waals surface area contributed by atoms with Gasteiger partial charge in [0.15, 0.2) is 5.82 Å². The Balaban J connectivity index is 1.49. The van der Waals surface area contributed by atoms with Crippen LogP contribution in [-0.2, 0) is 11.7 Å². The van der Waals surface area contributed by atoms with Gasteiger partial charge in [0, 0.05) is 31.0 Å². The first-order valence-corrected chi connectivity index (χ1v) is 11.5. The molecule has 1 aliphatic carbocycles. The molecule has 2 aliphatic rings. The predicted octanol–water partition coefficient (Wildman–Crippen LogP) is 4.69. The number of aromatic amines is 1. The number of aromatic nitrogens is 3. The van der Waals surface area contributed by atoms with E-state index < -0.39 is 29.0 Å². The van der Waals surface area contributed by atoms with Crippen molar-refractivity contribution in [3.05, 3.63) is 52.4 Å². The molecule has 0 amide bonds. The number of nitriles is 1. The second-order valence-corrected chi connectivity index (χ2v) is 9.37. The van der Waals surface area contributed by atoms with Gasteiger partial charge < -0.3 is 10.3 Å². The zero-order valence-corrected chi connectivity index (χ0v) is 18.8. The molecular weight excluding hydrogens is 464 g/mol. The number of alkyl halides is 4. The van der Waals surface area contributed by atoms with Crippen molar-refractivity contribution in [2.24, 2.45) is 0 Å². The van der Waals surface area contributed by atoms with Crippen LogP contribution in [0.1, 0.15) is 37.7 Å². The number of likely N-dealkylation sites (tertiary alicyclic amines) is 1. The zero-order chi connectivity index (χ0) is 24.8. The third-order valence-corrected chi connectivity index (χ3v) is 7.20. The average Bonchev–Trinajstić information content (AvgIpc) is 3.18. The Bertz CT molecular complexity index is 1310. The van der Waals surface area contributed by atoms with Gasteiger partial charge in [0.2, 0.25) is 0 Å². The summed E-state index contributed by atoms with van der Waals surface area (Å²) < 4.78 is 53.9. The number of halogens is 4. The lowest BCUT2D eigenvalue weighted by Crippen LogP contribution is -2.55. The van der Waals surface area contributed by atoms with Crippen molar-refractivity contribution < 1.29 is 17.6 Å². The molecule has 2 aromatic heterocycles. The molecule has 1 saturated carbocycles. The zero-order valence-electron chi connectivity index (χ0n) is 18.8. The van der Waals surface area contributed by atoms with E-state index in [0.29, 0.717) is 37.1 Å². The van der Waals surface area contributed by atoms with Gasteiger partial charge in [-0.1, -0.05) is 0 Å². The van der Waals surface area contributed by atoms with E-state index in [9.17, 15) is 27.6 Å². The topological polar surface area (TPSA) is 89.7 Å². The quantitative estimate of drug-likeness (QED) is 0.509. The smallest absolute Gasteiger partial charge is 0.338 e. The standard InChI is InChI=1S/C24H24F4N6O/c25-16-13-33(14-16)18-5-8-23(9-6-18,10-11-29)34-19-7-12-30-22(35)20(19)21(32-34)31-17-3-1-15(2-4-17)24(26,27)28/h1-4,7,12,16,18H,5-6,8-10,13-14H2,(H,30,35)(H,31,32)/t18-,23+. The van der Waals surface area contributed by atoms with Gasteiger partial charge in [-0.25, -0.2) is 4.39 Å². The number of nitrogens with zero attached hydrogens (tertiary/aromatic N) is 4. The summed E-state index contributed by atoms with van der Waals surface area (Å²) in [5, 5.41) is 17.6. The fraction of sp³-hybridized carbons (Fsp3) is 0.458. The molecule has 0 bridgehead atoms. The number of hydrogen-bond acceptors (Lipinski definition) is 5. The van der Waals surface area contributed by atoms with Crippen molar-refractivity contribution in [1.82, 2.24) is 19.7 Å². The van der Waals surface area contributed by atoms with Crippen LogP contribution in [0.4, 0.5) is 29.1 Å². The van der Waals surface area contributed by atoms with Crippen LogP contribution in [0.2, 0.25) is 0 Å². The monoisotopic (exact) mass is 488 g/mol. The van der Waals surface area contributed by atoms with E-state index in [1.54, 1.807) is 10.7 Å². The first kappa shape index (κ1) is 23.4. The van der Waals surface area contributed by atoms with Gasteiger partial charge >= 0.3 is 6.18 Å². The first-order valence-electron chi connectivity index (χ1n) is 11.5. The molecule has 7 nitrogen and oxygen atoms in total. The maximum Gasteiger partial charge on any atom is 0.416 e. The summed E-state index contributed by atoms with van der Waals surface area (Å²) in [6.07, 6.45) is -0.688. The molecule has 1 saturated heterocycles. The van der Waals surface area contributed by atoms with E-state index in [2.05, 4.69) is 26.4 Å². The van der Waals surface area contributed by atoms with E-state index in [0.717, 1.165) is 25.0 Å². The number of anilines is 2. The Kier molecular flexibility index (Phi) is 5.79. The minimum absolute atomic E-state index is 0.189. The number of pyridine rings is 1. The average molecular weight is 488 g/mol. The van der Waals surface area contributed by atoms with Crippen molar-refractivity contribution in [2.75, 3.05) is 18.4 Å². The summed E-state index contributed by atoms with van der Waals surface area (Å²) in [5.74, 6) is 0.212. The van der Waals surface area contributed by atoms with E-state index in [4.69, 9.17) is 0 Å². The summed E-state index contributed by atoms with van der Waals surface area (Å²) in [7, 11) is 0. The maximum atomic E-state index is 13.3. The van der Waals surface area contributed by atoms with Crippen molar-refractivity contribution in [3.63, 3.8) is 0 Å². The normalized spacial score (nSPS) is 23.7. The van der Waals surface area contributed by atoms with Crippen molar-refractivity contribution in [2.45, 2.75) is 56.0 Å². The molecule has 184 valence electrons. The van der Waals surface area contributed by atoms with Crippen molar-refractivity contribution in [1.29, 1.82) is 5.26 Å². The largest absolute Gasteiger partial charge is 0.416 e. The number of fused-ring (bicyclic) bond motifs is 1. The third kappa shape index (κ3) is 4.27. The van der Waals surface area contributed by atoms with Crippen LogP contribution in [-0.4, -0.2) is 45.0 Å². The second kappa shape index (κ2) is 8.68. The molecule has 11 heteroatoms. The van der Waals surface area contributed by atoms with Crippen molar-refractivity contribution in [3.8, 4) is 6.07 Å². The van der Waals surface area contributed by atoms with E-state index in [1.807, 2.05) is 0 Å². The SMILES string of the molecule is N#CC[C@]1(n2nc(Nc3ccc(C(F)(F)F)cc3)c3c(=O)[nH]ccc32)CC[C@@H](N2CC(F)C2)CC1. The van der Waals surface area contributed by atoms with Crippen LogP contribution in [0.15, 0.2) is 41.3 Å². The van der Waals surface area contributed by atoms with E-state index in [1.165, 1.54) is 18.3 Å². The van der Waals surface area contributed by atoms with Crippen LogP contribution < -0.4 is 10.9 Å². The van der Waals surface area contributed by atoms with E-state index >= 15 is 0 Å². The number of benzene rings is 1. The van der Waals surface area contributed by atoms with Gasteiger partial charge in [-0.3, -0.25) is 14.4 Å². The van der Waals surface area contributed by atoms with Gasteiger partial charge in [-0.2, -0.15) is 23.5 Å². The number of hydrogen-bond donors (Lipinski definition) is 2. The summed E-state index contributed by atoms with van der Waals surface area (Å²) in [4.78, 5) is 17.5. The van der Waals surface area contributed by atoms with Gasteiger partial charge in [-0.15, -0.1) is 0 Å². The minimum atomic E-state index is -4.45. The molecule has 0 atom stereocenters. The highest BCUT2D eigenvalue weighted by atomic mass is 19.4. The lowest BCUT2D eigenvalue weighted by molar-refractivity contribution is -0.137. The summed E-state index contributed by atoms with van der Waals surface area (Å²) in [6.45, 7) is 0.883. The van der Waals surface area contributed by atoms with Gasteiger partial charge in [0.1, 0.15) is 11.6 Å². The van der Waals surface area contributed by atoms with Crippen LogP contribution in [0.3, 0.4) is 0 Å². The fourth-order valence-corrected chi connectivity index (χ4v) is 5.27. The lowest BCUT2D eigenvalue weighted by atomic mass is 9.76. The minimum Gasteiger partial charge on any atom is -0.338 e. The molecule has 1 aromatic carbocycles. The summed E-state index contributed by atoms with van der Waals surface area (Å²) in [6, 6.07) is 8.73. The molecule has 2 N–H and O–H groups in total. The number of nitrogens with one attached hydrogen (secondary N) is 2. The second-order valence-electron chi connectivity index (χ2n) is 9.37. The first-order chi connectivity index (χ1) is 16.7. The van der Waals surface area contributed by atoms with Crippen molar-refractivity contribution >= 4 is 22.4 Å². The molecule has 0 spiro atoms. The highest BCUT2D eigenvalue weighted by Crippen LogP contribution is 2.42. The number of H-pyrrole nitrogens is 1.